The molecule has 2 unspecified atom stereocenters. The van der Waals surface area contributed by atoms with Gasteiger partial charge in [0.15, 0.2) is 0 Å². The van der Waals surface area contributed by atoms with Crippen LogP contribution in [0.3, 0.4) is 0 Å². The van der Waals surface area contributed by atoms with E-state index in [9.17, 15) is 4.79 Å². The van der Waals surface area contributed by atoms with Crippen molar-refractivity contribution in [1.29, 1.82) is 0 Å². The third-order valence-electron chi connectivity index (χ3n) is 2.42. The maximum atomic E-state index is 12.0. The van der Waals surface area contributed by atoms with E-state index in [-0.39, 0.29) is 11.8 Å². The van der Waals surface area contributed by atoms with Gasteiger partial charge >= 0.3 is 0 Å². The SMILES string of the molecule is CSCC(C)C(=O)C(CSC)C(C)C. The Morgan fingerprint density at radius 2 is 1.57 bits per heavy atom. The van der Waals surface area contributed by atoms with Gasteiger partial charge in [0, 0.05) is 23.3 Å². The molecule has 0 N–H and O–H groups in total. The molecular formula is C11H22OS2. The molecule has 0 radical (unpaired) electrons. The predicted octanol–water partition coefficient (Wildman–Crippen LogP) is 3.19. The van der Waals surface area contributed by atoms with Crippen LogP contribution in [0.25, 0.3) is 0 Å². The lowest BCUT2D eigenvalue weighted by atomic mass is 9.88. The number of ketones is 1. The second-order valence-corrected chi connectivity index (χ2v) is 5.89. The van der Waals surface area contributed by atoms with Crippen molar-refractivity contribution in [2.45, 2.75) is 20.8 Å². The van der Waals surface area contributed by atoms with Gasteiger partial charge in [0.05, 0.1) is 0 Å². The van der Waals surface area contributed by atoms with Crippen molar-refractivity contribution in [2.75, 3.05) is 24.0 Å². The molecule has 0 rings (SSSR count). The fourth-order valence-corrected chi connectivity index (χ4v) is 3.05. The normalized spacial score (nSPS) is 15.6. The molecule has 0 aliphatic heterocycles. The summed E-state index contributed by atoms with van der Waals surface area (Å²) in [6.45, 7) is 6.34. The zero-order valence-corrected chi connectivity index (χ0v) is 11.5. The third-order valence-corrected chi connectivity index (χ3v) is 3.94. The summed E-state index contributed by atoms with van der Waals surface area (Å²) in [6.07, 6.45) is 4.13. The number of rotatable bonds is 7. The highest BCUT2D eigenvalue weighted by atomic mass is 32.2. The Labute approximate surface area is 96.8 Å². The number of carbonyl (C=O) groups excluding carboxylic acids is 1. The number of hydrogen-bond donors (Lipinski definition) is 0. The first-order chi connectivity index (χ1) is 6.54. The summed E-state index contributed by atoms with van der Waals surface area (Å²) in [7, 11) is 0. The average Bonchev–Trinajstić information content (AvgIpc) is 2.13. The quantitative estimate of drug-likeness (QED) is 0.673. The van der Waals surface area contributed by atoms with Gasteiger partial charge in [-0.25, -0.2) is 0 Å². The Hall–Kier alpha value is 0.370. The molecule has 0 heterocycles. The minimum absolute atomic E-state index is 0.213. The van der Waals surface area contributed by atoms with E-state index in [4.69, 9.17) is 0 Å². The molecule has 0 aromatic carbocycles. The first kappa shape index (κ1) is 14.4. The Morgan fingerprint density at radius 3 is 1.93 bits per heavy atom. The van der Waals surface area contributed by atoms with E-state index in [0.717, 1.165) is 11.5 Å². The molecule has 0 aromatic rings. The summed E-state index contributed by atoms with van der Waals surface area (Å²) < 4.78 is 0. The first-order valence-corrected chi connectivity index (χ1v) is 7.84. The Bertz CT molecular complexity index is 169. The minimum Gasteiger partial charge on any atom is -0.299 e. The van der Waals surface area contributed by atoms with E-state index < -0.39 is 0 Å². The maximum Gasteiger partial charge on any atom is 0.140 e. The van der Waals surface area contributed by atoms with Gasteiger partial charge in [0.25, 0.3) is 0 Å². The van der Waals surface area contributed by atoms with Crippen LogP contribution in [0.4, 0.5) is 0 Å². The summed E-state index contributed by atoms with van der Waals surface area (Å²) >= 11 is 3.53. The molecule has 0 fully saturated rings. The van der Waals surface area contributed by atoms with Crippen LogP contribution in [0.15, 0.2) is 0 Å². The van der Waals surface area contributed by atoms with Crippen molar-refractivity contribution in [1.82, 2.24) is 0 Å². The van der Waals surface area contributed by atoms with Crippen molar-refractivity contribution in [2.24, 2.45) is 17.8 Å². The first-order valence-electron chi connectivity index (χ1n) is 5.06. The lowest BCUT2D eigenvalue weighted by molar-refractivity contribution is -0.126. The Balaban J connectivity index is 4.27. The van der Waals surface area contributed by atoms with Gasteiger partial charge < -0.3 is 0 Å². The van der Waals surface area contributed by atoms with Gasteiger partial charge in [-0.05, 0) is 18.4 Å². The molecule has 0 spiro atoms. The van der Waals surface area contributed by atoms with E-state index in [1.165, 1.54) is 0 Å². The summed E-state index contributed by atoms with van der Waals surface area (Å²) in [6, 6.07) is 0. The van der Waals surface area contributed by atoms with Crippen LogP contribution in [-0.4, -0.2) is 29.8 Å². The molecule has 0 aromatic heterocycles. The standard InChI is InChI=1S/C11H22OS2/c1-8(2)10(7-14-5)11(12)9(3)6-13-4/h8-10H,6-7H2,1-5H3. The second-order valence-electron chi connectivity index (χ2n) is 4.06. The molecule has 14 heavy (non-hydrogen) atoms. The van der Waals surface area contributed by atoms with Gasteiger partial charge in [-0.15, -0.1) is 0 Å². The molecule has 0 aliphatic rings. The van der Waals surface area contributed by atoms with Crippen LogP contribution in [0, 0.1) is 17.8 Å². The zero-order valence-electron chi connectivity index (χ0n) is 9.87. The number of hydrogen-bond acceptors (Lipinski definition) is 3. The highest BCUT2D eigenvalue weighted by molar-refractivity contribution is 7.98. The highest BCUT2D eigenvalue weighted by Gasteiger charge is 2.25. The van der Waals surface area contributed by atoms with Crippen molar-refractivity contribution in [3.63, 3.8) is 0 Å². The Kier molecular flexibility index (Phi) is 7.84. The van der Waals surface area contributed by atoms with E-state index in [0.29, 0.717) is 11.7 Å². The van der Waals surface area contributed by atoms with Gasteiger partial charge in [-0.3, -0.25) is 4.79 Å². The summed E-state index contributed by atoms with van der Waals surface area (Å²) in [5.74, 6) is 3.30. The summed E-state index contributed by atoms with van der Waals surface area (Å²) in [5, 5.41) is 0. The summed E-state index contributed by atoms with van der Waals surface area (Å²) in [5.41, 5.74) is 0. The third kappa shape index (κ3) is 4.74. The fourth-order valence-electron chi connectivity index (χ4n) is 1.48. The fraction of sp³-hybridized carbons (Fsp3) is 0.909. The average molecular weight is 234 g/mol. The molecule has 3 heteroatoms. The van der Waals surface area contributed by atoms with Crippen LogP contribution >= 0.6 is 23.5 Å². The van der Waals surface area contributed by atoms with Crippen molar-refractivity contribution >= 4 is 29.3 Å². The van der Waals surface area contributed by atoms with Crippen LogP contribution < -0.4 is 0 Å². The minimum atomic E-state index is 0.213. The molecule has 2 atom stereocenters. The number of Topliss-reactive ketones (excluding diaryl/α,β-unsaturated/α-hetero) is 1. The lowest BCUT2D eigenvalue weighted by Crippen LogP contribution is -2.29. The van der Waals surface area contributed by atoms with Gasteiger partial charge in [-0.1, -0.05) is 20.8 Å². The van der Waals surface area contributed by atoms with E-state index >= 15 is 0 Å². The zero-order chi connectivity index (χ0) is 11.1. The topological polar surface area (TPSA) is 17.1 Å². The van der Waals surface area contributed by atoms with E-state index in [1.54, 1.807) is 23.5 Å². The van der Waals surface area contributed by atoms with Crippen LogP contribution in [0.5, 0.6) is 0 Å². The van der Waals surface area contributed by atoms with Gasteiger partial charge in [0.1, 0.15) is 5.78 Å². The summed E-state index contributed by atoms with van der Waals surface area (Å²) in [4.78, 5) is 12.0. The van der Waals surface area contributed by atoms with Crippen molar-refractivity contribution in [3.05, 3.63) is 0 Å². The van der Waals surface area contributed by atoms with Gasteiger partial charge in [0.2, 0.25) is 0 Å². The van der Waals surface area contributed by atoms with E-state index in [1.807, 2.05) is 0 Å². The molecule has 0 aliphatic carbocycles. The van der Waals surface area contributed by atoms with Crippen molar-refractivity contribution < 1.29 is 4.79 Å². The largest absolute Gasteiger partial charge is 0.299 e. The molecule has 0 bridgehead atoms. The van der Waals surface area contributed by atoms with Crippen LogP contribution in [-0.2, 0) is 4.79 Å². The molecular weight excluding hydrogens is 212 g/mol. The lowest BCUT2D eigenvalue weighted by Gasteiger charge is -2.21. The highest BCUT2D eigenvalue weighted by Crippen LogP contribution is 2.21. The van der Waals surface area contributed by atoms with Gasteiger partial charge in [-0.2, -0.15) is 23.5 Å². The Morgan fingerprint density at radius 1 is 1.07 bits per heavy atom. The molecule has 84 valence electrons. The number of carbonyl (C=O) groups is 1. The molecule has 0 saturated heterocycles. The molecule has 1 nitrogen and oxygen atoms in total. The van der Waals surface area contributed by atoms with Crippen LogP contribution in [0.1, 0.15) is 20.8 Å². The smallest absolute Gasteiger partial charge is 0.140 e. The predicted molar refractivity (Wildman–Crippen MR) is 69.3 cm³/mol. The number of thioether (sulfide) groups is 2. The second kappa shape index (κ2) is 7.63. The maximum absolute atomic E-state index is 12.0. The monoisotopic (exact) mass is 234 g/mol. The van der Waals surface area contributed by atoms with Crippen molar-refractivity contribution in [3.8, 4) is 0 Å². The molecule has 0 amide bonds. The van der Waals surface area contributed by atoms with E-state index in [2.05, 4.69) is 33.3 Å². The molecule has 0 saturated carbocycles. The van der Waals surface area contributed by atoms with Crippen LogP contribution in [0.2, 0.25) is 0 Å².